The smallest absolute Gasteiger partial charge is 0.408 e. The van der Waals surface area contributed by atoms with E-state index in [1.54, 1.807) is 20.8 Å². The van der Waals surface area contributed by atoms with Crippen LogP contribution in [0.4, 0.5) is 4.79 Å². The van der Waals surface area contributed by atoms with E-state index in [9.17, 15) is 19.5 Å². The number of aryl methyl sites for hydroxylation is 1. The monoisotopic (exact) mass is 477 g/mol. The van der Waals surface area contributed by atoms with Crippen LogP contribution in [0.15, 0.2) is 18.2 Å². The number of hydrogen-bond donors (Lipinski definition) is 3. The number of alkyl carbamates (subject to hydrolysis) is 1. The number of unbranched alkanes of at least 4 members (excludes halogenated alkanes) is 1. The fourth-order valence-electron chi connectivity index (χ4n) is 3.61. The third kappa shape index (κ3) is 8.63. The summed E-state index contributed by atoms with van der Waals surface area (Å²) in [6.07, 6.45) is 1.02. The fourth-order valence-corrected chi connectivity index (χ4v) is 3.61. The second kappa shape index (κ2) is 13.3. The van der Waals surface area contributed by atoms with Gasteiger partial charge in [0.2, 0.25) is 11.8 Å². The third-order valence-electron chi connectivity index (χ3n) is 5.56. The molecule has 0 aromatic heterocycles. The minimum Gasteiger partial charge on any atom is -0.444 e. The Morgan fingerprint density at radius 3 is 2.32 bits per heavy atom. The van der Waals surface area contributed by atoms with E-state index in [4.69, 9.17) is 4.74 Å². The van der Waals surface area contributed by atoms with Crippen LogP contribution in [-0.4, -0.2) is 59.3 Å². The molecular weight excluding hydrogens is 434 g/mol. The van der Waals surface area contributed by atoms with E-state index < -0.39 is 29.7 Å². The maximum absolute atomic E-state index is 13.8. The SMILES string of the molecule is CCCCNC(=O)C(c1cccc(C)c1C)N(CCO)C(=O)C(NC(=O)OC(C)(C)C)C(C)C. The van der Waals surface area contributed by atoms with E-state index >= 15 is 0 Å². The Balaban J connectivity index is 3.43. The lowest BCUT2D eigenvalue weighted by Crippen LogP contribution is -2.55. The lowest BCUT2D eigenvalue weighted by Gasteiger charge is -2.36. The number of carbonyl (C=O) groups excluding carboxylic acids is 3. The van der Waals surface area contributed by atoms with Crippen molar-refractivity contribution in [1.29, 1.82) is 0 Å². The number of aliphatic hydroxyl groups excluding tert-OH is 1. The molecule has 0 spiro atoms. The number of rotatable bonds is 11. The Bertz CT molecular complexity index is 832. The molecule has 2 atom stereocenters. The van der Waals surface area contributed by atoms with E-state index in [0.717, 1.165) is 24.0 Å². The number of aliphatic hydroxyl groups is 1. The molecule has 0 heterocycles. The molecule has 0 aliphatic rings. The minimum atomic E-state index is -0.946. The largest absolute Gasteiger partial charge is 0.444 e. The normalized spacial score (nSPS) is 13.2. The van der Waals surface area contributed by atoms with Crippen LogP contribution in [0, 0.1) is 19.8 Å². The van der Waals surface area contributed by atoms with Gasteiger partial charge >= 0.3 is 6.09 Å². The molecule has 0 aliphatic heterocycles. The Kier molecular flexibility index (Phi) is 11.5. The van der Waals surface area contributed by atoms with Gasteiger partial charge in [-0.2, -0.15) is 0 Å². The van der Waals surface area contributed by atoms with Crippen LogP contribution in [-0.2, 0) is 14.3 Å². The first-order chi connectivity index (χ1) is 15.8. The van der Waals surface area contributed by atoms with Crippen LogP contribution in [0.5, 0.6) is 0 Å². The summed E-state index contributed by atoms with van der Waals surface area (Å²) in [5, 5.41) is 15.4. The van der Waals surface area contributed by atoms with Crippen molar-refractivity contribution in [2.45, 2.75) is 85.9 Å². The zero-order valence-electron chi connectivity index (χ0n) is 22.0. The predicted octanol–water partition coefficient (Wildman–Crippen LogP) is 3.63. The quantitative estimate of drug-likeness (QED) is 0.422. The lowest BCUT2D eigenvalue weighted by molar-refractivity contribution is -0.143. The second-order valence-corrected chi connectivity index (χ2v) is 9.96. The average Bonchev–Trinajstić information content (AvgIpc) is 2.72. The molecule has 0 saturated heterocycles. The molecule has 0 saturated carbocycles. The predicted molar refractivity (Wildman–Crippen MR) is 133 cm³/mol. The highest BCUT2D eigenvalue weighted by Crippen LogP contribution is 2.28. The summed E-state index contributed by atoms with van der Waals surface area (Å²) in [6, 6.07) is 3.75. The van der Waals surface area contributed by atoms with Crippen molar-refractivity contribution < 1.29 is 24.2 Å². The van der Waals surface area contributed by atoms with Crippen LogP contribution in [0.1, 0.15) is 77.1 Å². The Labute approximate surface area is 204 Å². The summed E-state index contributed by atoms with van der Waals surface area (Å²) in [4.78, 5) is 41.0. The van der Waals surface area contributed by atoms with Crippen molar-refractivity contribution in [2.24, 2.45) is 5.92 Å². The van der Waals surface area contributed by atoms with E-state index in [-0.39, 0.29) is 25.0 Å². The minimum absolute atomic E-state index is 0.0582. The highest BCUT2D eigenvalue weighted by Gasteiger charge is 2.37. The first-order valence-electron chi connectivity index (χ1n) is 12.1. The van der Waals surface area contributed by atoms with Gasteiger partial charge in [0, 0.05) is 13.1 Å². The number of amides is 3. The van der Waals surface area contributed by atoms with Gasteiger partial charge in [0.1, 0.15) is 17.7 Å². The van der Waals surface area contributed by atoms with Gasteiger partial charge in [-0.25, -0.2) is 4.79 Å². The number of hydrogen-bond acceptors (Lipinski definition) is 5. The molecule has 0 aliphatic carbocycles. The summed E-state index contributed by atoms with van der Waals surface area (Å²) in [6.45, 7) is 14.9. The molecule has 3 amide bonds. The number of nitrogens with zero attached hydrogens (tertiary/aromatic N) is 1. The molecule has 1 aromatic rings. The van der Waals surface area contributed by atoms with Gasteiger partial charge in [0.15, 0.2) is 0 Å². The fraction of sp³-hybridized carbons (Fsp3) is 0.654. The van der Waals surface area contributed by atoms with Crippen molar-refractivity contribution in [1.82, 2.24) is 15.5 Å². The van der Waals surface area contributed by atoms with Crippen molar-refractivity contribution in [3.63, 3.8) is 0 Å². The van der Waals surface area contributed by atoms with Gasteiger partial charge in [-0.05, 0) is 63.6 Å². The average molecular weight is 478 g/mol. The topological polar surface area (TPSA) is 108 Å². The van der Waals surface area contributed by atoms with Gasteiger partial charge < -0.3 is 25.4 Å². The molecule has 8 heteroatoms. The molecule has 3 N–H and O–H groups in total. The van der Waals surface area contributed by atoms with E-state index in [1.807, 2.05) is 52.8 Å². The van der Waals surface area contributed by atoms with Gasteiger partial charge in [0.25, 0.3) is 0 Å². The molecule has 1 rings (SSSR count). The molecule has 0 fully saturated rings. The Morgan fingerprint density at radius 1 is 1.15 bits per heavy atom. The van der Waals surface area contributed by atoms with Crippen molar-refractivity contribution >= 4 is 17.9 Å². The molecule has 2 unspecified atom stereocenters. The van der Waals surface area contributed by atoms with Crippen molar-refractivity contribution in [3.8, 4) is 0 Å². The van der Waals surface area contributed by atoms with Crippen LogP contribution in [0.3, 0.4) is 0 Å². The summed E-state index contributed by atoms with van der Waals surface area (Å²) in [7, 11) is 0. The van der Waals surface area contributed by atoms with E-state index in [2.05, 4.69) is 10.6 Å². The van der Waals surface area contributed by atoms with Crippen LogP contribution in [0.25, 0.3) is 0 Å². The van der Waals surface area contributed by atoms with Gasteiger partial charge in [-0.1, -0.05) is 45.4 Å². The highest BCUT2D eigenvalue weighted by molar-refractivity contribution is 5.92. The molecule has 8 nitrogen and oxygen atoms in total. The van der Waals surface area contributed by atoms with Crippen LogP contribution in [0.2, 0.25) is 0 Å². The van der Waals surface area contributed by atoms with E-state index in [1.165, 1.54) is 4.90 Å². The van der Waals surface area contributed by atoms with Gasteiger partial charge in [-0.3, -0.25) is 9.59 Å². The molecule has 192 valence electrons. The number of ether oxygens (including phenoxy) is 1. The Morgan fingerprint density at radius 2 is 1.79 bits per heavy atom. The van der Waals surface area contributed by atoms with Crippen molar-refractivity contribution in [2.75, 3.05) is 19.7 Å². The summed E-state index contributed by atoms with van der Waals surface area (Å²) >= 11 is 0. The third-order valence-corrected chi connectivity index (χ3v) is 5.56. The highest BCUT2D eigenvalue weighted by atomic mass is 16.6. The first-order valence-corrected chi connectivity index (χ1v) is 12.1. The molecule has 0 radical (unpaired) electrons. The summed E-state index contributed by atoms with van der Waals surface area (Å²) < 4.78 is 5.35. The van der Waals surface area contributed by atoms with Gasteiger partial charge in [-0.15, -0.1) is 0 Å². The maximum Gasteiger partial charge on any atom is 0.408 e. The number of nitrogens with one attached hydrogen (secondary N) is 2. The first kappa shape index (κ1) is 29.4. The summed E-state index contributed by atoms with van der Waals surface area (Å²) in [5.74, 6) is -1.04. The second-order valence-electron chi connectivity index (χ2n) is 9.96. The standard InChI is InChI=1S/C26H43N3O5/c1-9-10-14-27-23(31)22(20-13-11-12-18(4)19(20)5)29(15-16-30)24(32)21(17(2)3)28-25(33)34-26(6,7)8/h11-13,17,21-22,30H,9-10,14-16H2,1-8H3,(H,27,31)(H,28,33). The van der Waals surface area contributed by atoms with Crippen molar-refractivity contribution in [3.05, 3.63) is 34.9 Å². The lowest BCUT2D eigenvalue weighted by atomic mass is 9.94. The maximum atomic E-state index is 13.8. The molecule has 1 aromatic carbocycles. The molecule has 0 bridgehead atoms. The summed E-state index contributed by atoms with van der Waals surface area (Å²) in [5.41, 5.74) is 1.86. The zero-order valence-corrected chi connectivity index (χ0v) is 22.0. The molecule has 34 heavy (non-hydrogen) atoms. The Hall–Kier alpha value is -2.61. The molecular formula is C26H43N3O5. The number of carbonyl (C=O) groups is 3. The van der Waals surface area contributed by atoms with Gasteiger partial charge in [0.05, 0.1) is 6.61 Å². The van der Waals surface area contributed by atoms with E-state index in [0.29, 0.717) is 12.1 Å². The zero-order chi connectivity index (χ0) is 26.1. The van der Waals surface area contributed by atoms with Crippen LogP contribution < -0.4 is 10.6 Å². The number of benzene rings is 1. The van der Waals surface area contributed by atoms with Crippen LogP contribution >= 0.6 is 0 Å².